The van der Waals surface area contributed by atoms with Crippen molar-refractivity contribution in [2.24, 2.45) is 5.41 Å². The molecular weight excluding hydrogens is 371 g/mol. The van der Waals surface area contributed by atoms with E-state index < -0.39 is 27.0 Å². The Balaban J connectivity index is 1.83. The fraction of sp³-hybridized carbons (Fsp3) is 0.632. The molecule has 0 aromatic heterocycles. The fourth-order valence-electron chi connectivity index (χ4n) is 3.77. The number of sulfonamides is 1. The van der Waals surface area contributed by atoms with Gasteiger partial charge in [-0.05, 0) is 30.7 Å². The molecule has 2 heterocycles. The van der Waals surface area contributed by atoms with Crippen LogP contribution in [-0.4, -0.2) is 55.5 Å². The first-order chi connectivity index (χ1) is 12.5. The summed E-state index contributed by atoms with van der Waals surface area (Å²) in [4.78, 5) is 14.4. The van der Waals surface area contributed by atoms with E-state index in [1.807, 2.05) is 20.8 Å². The number of hydrogen-bond donors (Lipinski definition) is 0. The van der Waals surface area contributed by atoms with Crippen LogP contribution in [0.4, 0.5) is 4.39 Å². The van der Waals surface area contributed by atoms with Gasteiger partial charge in [-0.1, -0.05) is 20.8 Å². The Morgan fingerprint density at radius 3 is 2.37 bits per heavy atom. The number of amides is 1. The van der Waals surface area contributed by atoms with Crippen LogP contribution in [0, 0.1) is 18.2 Å². The number of rotatable bonds is 2. The third kappa shape index (κ3) is 3.62. The maximum atomic E-state index is 13.6. The van der Waals surface area contributed by atoms with Crippen molar-refractivity contribution in [1.29, 1.82) is 0 Å². The zero-order valence-corrected chi connectivity index (χ0v) is 17.1. The molecule has 2 aliphatic rings. The monoisotopic (exact) mass is 398 g/mol. The zero-order chi connectivity index (χ0) is 20.0. The van der Waals surface area contributed by atoms with Crippen molar-refractivity contribution in [3.05, 3.63) is 29.6 Å². The van der Waals surface area contributed by atoms with Crippen molar-refractivity contribution >= 4 is 15.9 Å². The highest BCUT2D eigenvalue weighted by atomic mass is 32.2. The number of aryl methyl sites for hydroxylation is 1. The smallest absolute Gasteiger partial charge is 0.245 e. The molecule has 2 saturated heterocycles. The summed E-state index contributed by atoms with van der Waals surface area (Å²) < 4.78 is 47.2. The Morgan fingerprint density at radius 2 is 1.81 bits per heavy atom. The van der Waals surface area contributed by atoms with Gasteiger partial charge in [0.1, 0.15) is 11.5 Å². The van der Waals surface area contributed by atoms with Gasteiger partial charge in [0.25, 0.3) is 0 Å². The third-order valence-electron chi connectivity index (χ3n) is 5.31. The van der Waals surface area contributed by atoms with Gasteiger partial charge < -0.3 is 9.64 Å². The molecule has 3 rings (SSSR count). The van der Waals surface area contributed by atoms with Crippen molar-refractivity contribution in [2.45, 2.75) is 51.2 Å². The van der Waals surface area contributed by atoms with Crippen LogP contribution in [0.25, 0.3) is 0 Å². The van der Waals surface area contributed by atoms with E-state index in [0.717, 1.165) is 0 Å². The van der Waals surface area contributed by atoms with Crippen molar-refractivity contribution in [3.8, 4) is 0 Å². The van der Waals surface area contributed by atoms with Gasteiger partial charge in [0, 0.05) is 37.9 Å². The second-order valence-electron chi connectivity index (χ2n) is 8.33. The second kappa shape index (κ2) is 6.83. The van der Waals surface area contributed by atoms with Crippen LogP contribution in [-0.2, 0) is 19.6 Å². The molecule has 0 atom stereocenters. The minimum Gasteiger partial charge on any atom is -0.358 e. The van der Waals surface area contributed by atoms with Crippen LogP contribution in [0.2, 0.25) is 0 Å². The van der Waals surface area contributed by atoms with E-state index in [4.69, 9.17) is 4.74 Å². The molecule has 0 aliphatic carbocycles. The number of hydrogen-bond acceptors (Lipinski definition) is 4. The van der Waals surface area contributed by atoms with Crippen LogP contribution in [0.1, 0.15) is 39.2 Å². The lowest BCUT2D eigenvalue weighted by molar-refractivity contribution is -0.147. The van der Waals surface area contributed by atoms with Crippen molar-refractivity contribution in [3.63, 3.8) is 0 Å². The molecule has 150 valence electrons. The molecule has 1 aromatic carbocycles. The molecule has 27 heavy (non-hydrogen) atoms. The first kappa shape index (κ1) is 20.2. The Bertz CT molecular complexity index is 840. The molecule has 1 aromatic rings. The first-order valence-corrected chi connectivity index (χ1v) is 10.6. The van der Waals surface area contributed by atoms with Gasteiger partial charge in [0.2, 0.25) is 15.9 Å². The molecule has 2 fully saturated rings. The second-order valence-corrected chi connectivity index (χ2v) is 10.2. The summed E-state index contributed by atoms with van der Waals surface area (Å²) in [5, 5.41) is 0. The highest BCUT2D eigenvalue weighted by Crippen LogP contribution is 2.39. The Hall–Kier alpha value is -1.51. The molecule has 0 unspecified atom stereocenters. The molecule has 0 saturated carbocycles. The molecule has 0 N–H and O–H groups in total. The van der Waals surface area contributed by atoms with E-state index in [9.17, 15) is 17.6 Å². The lowest BCUT2D eigenvalue weighted by atomic mass is 9.92. The first-order valence-electron chi connectivity index (χ1n) is 9.20. The SMILES string of the molecule is Cc1cc(S(=O)(=O)N2CCOC23CCN(C(=O)C(C)(C)C)CC3)ccc1F. The maximum absolute atomic E-state index is 13.6. The largest absolute Gasteiger partial charge is 0.358 e. The summed E-state index contributed by atoms with van der Waals surface area (Å²) in [6, 6.07) is 3.83. The maximum Gasteiger partial charge on any atom is 0.245 e. The number of piperidine rings is 1. The number of nitrogens with zero attached hydrogens (tertiary/aromatic N) is 2. The highest BCUT2D eigenvalue weighted by molar-refractivity contribution is 7.89. The highest BCUT2D eigenvalue weighted by Gasteiger charge is 2.51. The summed E-state index contributed by atoms with van der Waals surface area (Å²) in [6.07, 6.45) is 0.850. The number of carbonyl (C=O) groups excluding carboxylic acids is 1. The topological polar surface area (TPSA) is 66.9 Å². The van der Waals surface area contributed by atoms with Gasteiger partial charge in [-0.15, -0.1) is 0 Å². The zero-order valence-electron chi connectivity index (χ0n) is 16.3. The van der Waals surface area contributed by atoms with E-state index >= 15 is 0 Å². The minimum absolute atomic E-state index is 0.0545. The molecule has 0 bridgehead atoms. The molecule has 8 heteroatoms. The van der Waals surface area contributed by atoms with E-state index in [1.54, 1.807) is 11.8 Å². The summed E-state index contributed by atoms with van der Waals surface area (Å²) in [5.74, 6) is -0.380. The van der Waals surface area contributed by atoms with Crippen LogP contribution >= 0.6 is 0 Å². The summed E-state index contributed by atoms with van der Waals surface area (Å²) in [6.45, 7) is 8.63. The van der Waals surface area contributed by atoms with E-state index in [0.29, 0.717) is 32.5 Å². The molecule has 1 amide bonds. The van der Waals surface area contributed by atoms with Crippen molar-refractivity contribution in [1.82, 2.24) is 9.21 Å². The number of ether oxygens (including phenoxy) is 1. The Kier molecular flexibility index (Phi) is 5.12. The van der Waals surface area contributed by atoms with E-state index in [2.05, 4.69) is 0 Å². The lowest BCUT2D eigenvalue weighted by Gasteiger charge is -2.44. The average Bonchev–Trinajstić information content (AvgIpc) is 3.00. The number of benzene rings is 1. The molecular formula is C19H27FN2O4S. The van der Waals surface area contributed by atoms with Crippen molar-refractivity contribution < 1.29 is 22.3 Å². The standard InChI is InChI=1S/C19H27FN2O4S/c1-14-13-15(5-6-16(14)20)27(24,25)22-11-12-26-19(22)7-9-21(10-8-19)17(23)18(2,3)4/h5-6,13H,7-12H2,1-4H3. The van der Waals surface area contributed by atoms with Gasteiger partial charge in [0.15, 0.2) is 0 Å². The predicted molar refractivity (Wildman–Crippen MR) is 99.0 cm³/mol. The van der Waals surface area contributed by atoms with Crippen LogP contribution in [0.3, 0.4) is 0 Å². The van der Waals surface area contributed by atoms with Gasteiger partial charge in [-0.3, -0.25) is 4.79 Å². The number of carbonyl (C=O) groups is 1. The van der Waals surface area contributed by atoms with Crippen LogP contribution in [0.5, 0.6) is 0 Å². The average molecular weight is 399 g/mol. The summed E-state index contributed by atoms with van der Waals surface area (Å²) in [5.41, 5.74) is -1.12. The van der Waals surface area contributed by atoms with Crippen LogP contribution in [0.15, 0.2) is 23.1 Å². The van der Waals surface area contributed by atoms with Gasteiger partial charge in [0.05, 0.1) is 11.5 Å². The molecule has 0 radical (unpaired) electrons. The third-order valence-corrected chi connectivity index (χ3v) is 7.26. The number of halogens is 1. The molecule has 6 nitrogen and oxygen atoms in total. The van der Waals surface area contributed by atoms with E-state index in [-0.39, 0.29) is 22.9 Å². The minimum atomic E-state index is -3.81. The fourth-order valence-corrected chi connectivity index (χ4v) is 5.57. The quantitative estimate of drug-likeness (QED) is 0.768. The summed E-state index contributed by atoms with van der Waals surface area (Å²) >= 11 is 0. The Labute approximate surface area is 160 Å². The van der Waals surface area contributed by atoms with E-state index in [1.165, 1.54) is 22.5 Å². The molecule has 2 aliphatic heterocycles. The van der Waals surface area contributed by atoms with Crippen molar-refractivity contribution in [2.75, 3.05) is 26.2 Å². The molecule has 1 spiro atoms. The van der Waals surface area contributed by atoms with Gasteiger partial charge in [-0.2, -0.15) is 4.31 Å². The normalized spacial score (nSPS) is 21.0. The Morgan fingerprint density at radius 1 is 1.19 bits per heavy atom. The lowest BCUT2D eigenvalue weighted by Crippen LogP contribution is -2.56. The van der Waals surface area contributed by atoms with Gasteiger partial charge >= 0.3 is 0 Å². The van der Waals surface area contributed by atoms with Crippen LogP contribution < -0.4 is 0 Å². The number of likely N-dealkylation sites (tertiary alicyclic amines) is 1. The summed E-state index contributed by atoms with van der Waals surface area (Å²) in [7, 11) is -3.81. The predicted octanol–water partition coefficient (Wildman–Crippen LogP) is 2.52. The van der Waals surface area contributed by atoms with Gasteiger partial charge in [-0.25, -0.2) is 12.8 Å².